The number of carbonyl (C=O) groups excluding carboxylic acids is 1. The number of para-hydroxylation sites is 1. The van der Waals surface area contributed by atoms with Crippen molar-refractivity contribution in [2.45, 2.75) is 13.8 Å². The van der Waals surface area contributed by atoms with E-state index in [0.29, 0.717) is 0 Å². The summed E-state index contributed by atoms with van der Waals surface area (Å²) < 4.78 is 1.20. The molecule has 0 unspecified atom stereocenters. The van der Waals surface area contributed by atoms with Crippen molar-refractivity contribution < 1.29 is 4.79 Å². The zero-order valence-electron chi connectivity index (χ0n) is 10.4. The van der Waals surface area contributed by atoms with Crippen molar-refractivity contribution in [3.8, 4) is 0 Å². The Kier molecular flexibility index (Phi) is 4.01. The number of rotatable bonds is 2. The van der Waals surface area contributed by atoms with Gasteiger partial charge in [0.05, 0.1) is 0 Å². The maximum atomic E-state index is 11.9. The van der Waals surface area contributed by atoms with Gasteiger partial charge in [-0.1, -0.05) is 18.2 Å². The molecule has 0 saturated heterocycles. The second kappa shape index (κ2) is 5.52. The highest BCUT2D eigenvalue weighted by Gasteiger charge is 2.14. The van der Waals surface area contributed by atoms with Gasteiger partial charge in [-0.2, -0.15) is 0 Å². The lowest BCUT2D eigenvalue weighted by Crippen LogP contribution is -2.22. The van der Waals surface area contributed by atoms with Gasteiger partial charge in [0.2, 0.25) is 5.91 Å². The van der Waals surface area contributed by atoms with E-state index in [4.69, 9.17) is 0 Å². The molecule has 0 N–H and O–H groups in total. The second-order valence-corrected chi connectivity index (χ2v) is 5.29. The van der Waals surface area contributed by atoms with E-state index in [1.165, 1.54) is 9.13 Å². The normalized spacial score (nSPS) is 10.2. The molecule has 1 amide bonds. The summed E-state index contributed by atoms with van der Waals surface area (Å²) in [6, 6.07) is 15.7. The fraction of sp³-hybridized carbons (Fsp3) is 0.133. The van der Waals surface area contributed by atoms with Crippen LogP contribution in [0.5, 0.6) is 0 Å². The Labute approximate surface area is 121 Å². The fourth-order valence-electron chi connectivity index (χ4n) is 1.86. The lowest BCUT2D eigenvalue weighted by atomic mass is 10.2. The first-order valence-corrected chi connectivity index (χ1v) is 6.79. The van der Waals surface area contributed by atoms with Gasteiger partial charge >= 0.3 is 0 Å². The Morgan fingerprint density at radius 2 is 1.72 bits per heavy atom. The number of carbonyl (C=O) groups is 1. The molecule has 0 heterocycles. The van der Waals surface area contributed by atoms with Gasteiger partial charge in [0.25, 0.3) is 0 Å². The minimum atomic E-state index is 0.0156. The monoisotopic (exact) mass is 351 g/mol. The molecule has 92 valence electrons. The van der Waals surface area contributed by atoms with E-state index < -0.39 is 0 Å². The first-order valence-electron chi connectivity index (χ1n) is 5.71. The van der Waals surface area contributed by atoms with Crippen LogP contribution in [0.1, 0.15) is 12.5 Å². The van der Waals surface area contributed by atoms with E-state index in [2.05, 4.69) is 29.5 Å². The van der Waals surface area contributed by atoms with Gasteiger partial charge in [0.1, 0.15) is 0 Å². The number of hydrogen-bond acceptors (Lipinski definition) is 1. The van der Waals surface area contributed by atoms with Crippen molar-refractivity contribution in [1.82, 2.24) is 0 Å². The van der Waals surface area contributed by atoms with E-state index >= 15 is 0 Å². The highest BCUT2D eigenvalue weighted by Crippen LogP contribution is 2.27. The van der Waals surface area contributed by atoms with Gasteiger partial charge in [0, 0.05) is 21.9 Å². The average molecular weight is 351 g/mol. The van der Waals surface area contributed by atoms with Crippen LogP contribution in [0, 0.1) is 10.5 Å². The summed E-state index contributed by atoms with van der Waals surface area (Å²) in [5.74, 6) is 0.0156. The number of anilines is 2. The molecule has 0 spiro atoms. The minimum Gasteiger partial charge on any atom is -0.281 e. The Balaban J connectivity index is 2.49. The molecule has 18 heavy (non-hydrogen) atoms. The van der Waals surface area contributed by atoms with Crippen molar-refractivity contribution in [2.24, 2.45) is 0 Å². The van der Waals surface area contributed by atoms with Crippen LogP contribution in [0.15, 0.2) is 48.5 Å². The third-order valence-electron chi connectivity index (χ3n) is 2.73. The van der Waals surface area contributed by atoms with Crippen molar-refractivity contribution >= 4 is 39.9 Å². The molecule has 0 saturated carbocycles. The number of hydrogen-bond donors (Lipinski definition) is 0. The molecule has 0 fully saturated rings. The Morgan fingerprint density at radius 1 is 1.06 bits per heavy atom. The van der Waals surface area contributed by atoms with Crippen molar-refractivity contribution in [3.63, 3.8) is 0 Å². The molecule has 2 aromatic rings. The summed E-state index contributed by atoms with van der Waals surface area (Å²) >= 11 is 2.29. The highest BCUT2D eigenvalue weighted by atomic mass is 127. The van der Waals surface area contributed by atoms with Crippen molar-refractivity contribution in [2.75, 3.05) is 4.90 Å². The van der Waals surface area contributed by atoms with Crippen LogP contribution in [0.25, 0.3) is 0 Å². The Bertz CT molecular complexity index is 566. The summed E-state index contributed by atoms with van der Waals surface area (Å²) in [6.45, 7) is 3.63. The summed E-state index contributed by atoms with van der Waals surface area (Å²) in [7, 11) is 0. The van der Waals surface area contributed by atoms with E-state index in [0.717, 1.165) is 11.4 Å². The zero-order chi connectivity index (χ0) is 13.1. The quantitative estimate of drug-likeness (QED) is 0.740. The van der Waals surface area contributed by atoms with Gasteiger partial charge in [-0.05, 0) is 65.4 Å². The van der Waals surface area contributed by atoms with Crippen molar-refractivity contribution in [3.05, 3.63) is 57.7 Å². The topological polar surface area (TPSA) is 20.3 Å². The molecule has 0 aromatic heterocycles. The Hall–Kier alpha value is -1.36. The zero-order valence-corrected chi connectivity index (χ0v) is 12.5. The minimum absolute atomic E-state index is 0.0156. The summed E-state index contributed by atoms with van der Waals surface area (Å²) in [5, 5.41) is 0. The molecule has 0 radical (unpaired) electrons. The predicted molar refractivity (Wildman–Crippen MR) is 83.2 cm³/mol. The summed E-state index contributed by atoms with van der Waals surface area (Å²) in [6.07, 6.45) is 0. The fourth-order valence-corrected chi connectivity index (χ4v) is 2.19. The number of halogens is 1. The summed E-state index contributed by atoms with van der Waals surface area (Å²) in [4.78, 5) is 13.6. The first-order chi connectivity index (χ1) is 8.59. The molecule has 0 aliphatic heterocycles. The van der Waals surface area contributed by atoms with Crippen LogP contribution in [-0.2, 0) is 4.79 Å². The molecule has 0 bridgehead atoms. The van der Waals surface area contributed by atoms with Gasteiger partial charge in [-0.25, -0.2) is 0 Å². The number of amides is 1. The van der Waals surface area contributed by atoms with Crippen LogP contribution in [0.4, 0.5) is 11.4 Å². The number of benzene rings is 2. The molecule has 3 heteroatoms. The maximum absolute atomic E-state index is 11.9. The molecule has 0 aliphatic rings. The molecule has 2 aromatic carbocycles. The van der Waals surface area contributed by atoms with Gasteiger partial charge in [0.15, 0.2) is 0 Å². The molecule has 2 rings (SSSR count). The lowest BCUT2D eigenvalue weighted by molar-refractivity contribution is -0.115. The third-order valence-corrected chi connectivity index (χ3v) is 3.94. The van der Waals surface area contributed by atoms with E-state index in [1.807, 2.05) is 48.5 Å². The van der Waals surface area contributed by atoms with Crippen LogP contribution in [-0.4, -0.2) is 5.91 Å². The molecule has 0 atom stereocenters. The van der Waals surface area contributed by atoms with Crippen LogP contribution in [0.2, 0.25) is 0 Å². The molecular formula is C15H14INO. The Morgan fingerprint density at radius 3 is 2.28 bits per heavy atom. The summed E-state index contributed by atoms with van der Waals surface area (Å²) in [5.41, 5.74) is 2.98. The second-order valence-electron chi connectivity index (χ2n) is 4.12. The van der Waals surface area contributed by atoms with Gasteiger partial charge in [-0.15, -0.1) is 0 Å². The van der Waals surface area contributed by atoms with Crippen LogP contribution >= 0.6 is 22.6 Å². The van der Waals surface area contributed by atoms with Crippen LogP contribution < -0.4 is 4.90 Å². The molecule has 0 aliphatic carbocycles. The van der Waals surface area contributed by atoms with E-state index in [1.54, 1.807) is 11.8 Å². The van der Waals surface area contributed by atoms with Gasteiger partial charge < -0.3 is 0 Å². The SMILES string of the molecule is CC(=O)N(c1ccccc1)c1ccc(I)c(C)c1. The standard InChI is InChI=1S/C15H14INO/c1-11-10-14(8-9-15(11)16)17(12(2)18)13-6-4-3-5-7-13/h3-10H,1-2H3. The molecular weight excluding hydrogens is 337 g/mol. The first kappa shape index (κ1) is 13.1. The van der Waals surface area contributed by atoms with Gasteiger partial charge in [-0.3, -0.25) is 9.69 Å². The largest absolute Gasteiger partial charge is 0.281 e. The average Bonchev–Trinajstić information content (AvgIpc) is 2.35. The predicted octanol–water partition coefficient (Wildman–Crippen LogP) is 4.28. The molecule has 2 nitrogen and oxygen atoms in total. The van der Waals surface area contributed by atoms with E-state index in [9.17, 15) is 4.79 Å². The smallest absolute Gasteiger partial charge is 0.228 e. The van der Waals surface area contributed by atoms with Crippen molar-refractivity contribution in [1.29, 1.82) is 0 Å². The van der Waals surface area contributed by atoms with E-state index in [-0.39, 0.29) is 5.91 Å². The number of aryl methyl sites for hydroxylation is 1. The van der Waals surface area contributed by atoms with Crippen LogP contribution in [0.3, 0.4) is 0 Å². The highest BCUT2D eigenvalue weighted by molar-refractivity contribution is 14.1. The number of nitrogens with zero attached hydrogens (tertiary/aromatic N) is 1. The third kappa shape index (κ3) is 2.72. The maximum Gasteiger partial charge on any atom is 0.228 e. The lowest BCUT2D eigenvalue weighted by Gasteiger charge is -2.22.